The lowest BCUT2D eigenvalue weighted by Gasteiger charge is -2.01. The van der Waals surface area contributed by atoms with Gasteiger partial charge in [-0.3, -0.25) is 4.79 Å². The molecular weight excluding hydrogens is 362 g/mol. The van der Waals surface area contributed by atoms with Gasteiger partial charge in [-0.2, -0.15) is 0 Å². The summed E-state index contributed by atoms with van der Waals surface area (Å²) in [7, 11) is 0. The second-order valence-electron chi connectivity index (χ2n) is 4.08. The molecule has 0 saturated carbocycles. The zero-order valence-corrected chi connectivity index (χ0v) is 13.6. The average Bonchev–Trinajstić information content (AvgIpc) is 2.99. The van der Waals surface area contributed by atoms with Crippen LogP contribution in [0, 0.1) is 0 Å². The van der Waals surface area contributed by atoms with Gasteiger partial charge in [0.2, 0.25) is 5.91 Å². The van der Waals surface area contributed by atoms with Crippen LogP contribution in [-0.2, 0) is 11.2 Å². The van der Waals surface area contributed by atoms with Gasteiger partial charge in [-0.05, 0) is 53.0 Å². The van der Waals surface area contributed by atoms with Crippen LogP contribution in [0.15, 0.2) is 28.1 Å². The van der Waals surface area contributed by atoms with E-state index < -0.39 is 5.97 Å². The van der Waals surface area contributed by atoms with Crippen molar-refractivity contribution >= 4 is 55.5 Å². The third kappa shape index (κ3) is 4.43. The van der Waals surface area contributed by atoms with Crippen LogP contribution >= 0.6 is 38.6 Å². The number of nitrogens with one attached hydrogen (secondary N) is 1. The molecule has 0 atom stereocenters. The molecule has 2 N–H and O–H groups in total. The van der Waals surface area contributed by atoms with E-state index in [2.05, 4.69) is 21.2 Å². The van der Waals surface area contributed by atoms with Crippen molar-refractivity contribution in [3.05, 3.63) is 37.8 Å². The van der Waals surface area contributed by atoms with E-state index in [0.29, 0.717) is 11.4 Å². The van der Waals surface area contributed by atoms with Crippen LogP contribution in [0.2, 0.25) is 0 Å². The van der Waals surface area contributed by atoms with Gasteiger partial charge in [0.05, 0.1) is 8.79 Å². The summed E-state index contributed by atoms with van der Waals surface area (Å²) < 4.78 is 1.09. The molecule has 2 aromatic heterocycles. The Bertz CT molecular complexity index is 621. The first-order valence-corrected chi connectivity index (χ1v) is 8.34. The summed E-state index contributed by atoms with van der Waals surface area (Å²) in [4.78, 5) is 23.9. The normalized spacial score (nSPS) is 10.4. The number of carbonyl (C=O) groups is 2. The largest absolute Gasteiger partial charge is 0.477 e. The van der Waals surface area contributed by atoms with Gasteiger partial charge in [-0.15, -0.1) is 22.7 Å². The summed E-state index contributed by atoms with van der Waals surface area (Å²) in [6, 6.07) is 7.15. The Morgan fingerprint density at radius 2 is 2.00 bits per heavy atom. The molecule has 0 unspecified atom stereocenters. The van der Waals surface area contributed by atoms with Crippen LogP contribution in [0.25, 0.3) is 0 Å². The lowest BCUT2D eigenvalue weighted by molar-refractivity contribution is -0.116. The Balaban J connectivity index is 1.76. The Labute approximate surface area is 132 Å². The van der Waals surface area contributed by atoms with E-state index in [9.17, 15) is 9.59 Å². The minimum Gasteiger partial charge on any atom is -0.477 e. The van der Waals surface area contributed by atoms with Crippen LogP contribution in [0.1, 0.15) is 27.4 Å². The molecule has 0 saturated heterocycles. The van der Waals surface area contributed by atoms with Crippen LogP contribution in [0.5, 0.6) is 0 Å². The van der Waals surface area contributed by atoms with E-state index in [1.807, 2.05) is 12.1 Å². The molecule has 20 heavy (non-hydrogen) atoms. The molecule has 0 spiro atoms. The number of anilines is 1. The summed E-state index contributed by atoms with van der Waals surface area (Å²) >= 11 is 6.14. The maximum Gasteiger partial charge on any atom is 0.345 e. The Morgan fingerprint density at radius 1 is 1.20 bits per heavy atom. The van der Waals surface area contributed by atoms with Crippen molar-refractivity contribution in [1.82, 2.24) is 0 Å². The highest BCUT2D eigenvalue weighted by atomic mass is 79.9. The molecule has 0 fully saturated rings. The highest BCUT2D eigenvalue weighted by Crippen LogP contribution is 2.24. The Hall–Kier alpha value is -1.18. The molecule has 0 aliphatic heterocycles. The average molecular weight is 374 g/mol. The second kappa shape index (κ2) is 7.01. The van der Waals surface area contributed by atoms with E-state index in [1.54, 1.807) is 17.4 Å². The number of carboxylic acid groups (broad SMARTS) is 1. The molecule has 2 aromatic rings. The number of amides is 1. The van der Waals surface area contributed by atoms with Gasteiger partial charge in [-0.25, -0.2) is 4.79 Å². The van der Waals surface area contributed by atoms with Gasteiger partial charge in [0.1, 0.15) is 4.88 Å². The monoisotopic (exact) mass is 373 g/mol. The lowest BCUT2D eigenvalue weighted by atomic mass is 10.2. The highest BCUT2D eigenvalue weighted by molar-refractivity contribution is 9.11. The van der Waals surface area contributed by atoms with E-state index in [-0.39, 0.29) is 10.8 Å². The van der Waals surface area contributed by atoms with Gasteiger partial charge in [0.15, 0.2) is 0 Å². The Kier molecular flexibility index (Phi) is 5.33. The van der Waals surface area contributed by atoms with Gasteiger partial charge >= 0.3 is 5.97 Å². The molecule has 0 bridgehead atoms. The molecule has 0 aromatic carbocycles. The lowest BCUT2D eigenvalue weighted by Crippen LogP contribution is -2.10. The number of thiophene rings is 2. The van der Waals surface area contributed by atoms with Crippen molar-refractivity contribution in [2.24, 2.45) is 0 Å². The molecule has 0 aliphatic carbocycles. The number of hydrogen-bond acceptors (Lipinski definition) is 4. The summed E-state index contributed by atoms with van der Waals surface area (Å²) in [5.41, 5.74) is 0. The zero-order chi connectivity index (χ0) is 14.5. The fourth-order valence-electron chi connectivity index (χ4n) is 1.63. The number of halogens is 1. The zero-order valence-electron chi connectivity index (χ0n) is 10.4. The van der Waals surface area contributed by atoms with Crippen molar-refractivity contribution < 1.29 is 14.7 Å². The highest BCUT2D eigenvalue weighted by Gasteiger charge is 2.09. The van der Waals surface area contributed by atoms with E-state index in [4.69, 9.17) is 5.11 Å². The Morgan fingerprint density at radius 3 is 2.60 bits per heavy atom. The van der Waals surface area contributed by atoms with Crippen LogP contribution in [-0.4, -0.2) is 17.0 Å². The van der Waals surface area contributed by atoms with E-state index in [0.717, 1.165) is 28.0 Å². The van der Waals surface area contributed by atoms with Gasteiger partial charge in [0, 0.05) is 11.3 Å². The van der Waals surface area contributed by atoms with Crippen molar-refractivity contribution in [1.29, 1.82) is 0 Å². The number of carbonyl (C=O) groups excluding carboxylic acids is 1. The fourth-order valence-corrected chi connectivity index (χ4v) is 3.92. The molecule has 106 valence electrons. The molecule has 0 aliphatic rings. The topological polar surface area (TPSA) is 66.4 Å². The summed E-state index contributed by atoms with van der Waals surface area (Å²) in [5, 5.41) is 12.1. The molecule has 7 heteroatoms. The molecule has 1 amide bonds. The van der Waals surface area contributed by atoms with E-state index in [1.165, 1.54) is 10.9 Å². The van der Waals surface area contributed by atoms with Gasteiger partial charge < -0.3 is 10.4 Å². The van der Waals surface area contributed by atoms with Crippen molar-refractivity contribution in [2.45, 2.75) is 19.3 Å². The van der Waals surface area contributed by atoms with Crippen LogP contribution in [0.4, 0.5) is 5.00 Å². The third-order valence-electron chi connectivity index (χ3n) is 2.54. The molecule has 0 radical (unpaired) electrons. The van der Waals surface area contributed by atoms with Gasteiger partial charge in [0.25, 0.3) is 0 Å². The van der Waals surface area contributed by atoms with E-state index >= 15 is 0 Å². The SMILES string of the molecule is O=C(CCCc1ccc(Br)s1)Nc1ccc(C(=O)O)s1. The molecule has 2 heterocycles. The van der Waals surface area contributed by atoms with Crippen LogP contribution < -0.4 is 5.32 Å². The standard InChI is InChI=1S/C13H12BrNO3S2/c14-10-6-4-8(19-10)2-1-3-11(16)15-12-7-5-9(20-12)13(17)18/h4-7H,1-3H2,(H,15,16)(H,17,18). The van der Waals surface area contributed by atoms with Crippen molar-refractivity contribution in [2.75, 3.05) is 5.32 Å². The first kappa shape index (κ1) is 15.2. The molecular formula is C13H12BrNO3S2. The predicted molar refractivity (Wildman–Crippen MR) is 84.9 cm³/mol. The van der Waals surface area contributed by atoms with Crippen molar-refractivity contribution in [3.63, 3.8) is 0 Å². The number of carboxylic acids is 1. The van der Waals surface area contributed by atoms with Gasteiger partial charge in [-0.1, -0.05) is 0 Å². The maximum absolute atomic E-state index is 11.7. The third-order valence-corrected chi connectivity index (χ3v) is 5.21. The quantitative estimate of drug-likeness (QED) is 0.795. The molecule has 2 rings (SSSR count). The first-order chi connectivity index (χ1) is 9.54. The number of aryl methyl sites for hydroxylation is 1. The molecule has 4 nitrogen and oxygen atoms in total. The first-order valence-electron chi connectivity index (χ1n) is 5.92. The minimum atomic E-state index is -0.973. The number of aromatic carboxylic acids is 1. The van der Waals surface area contributed by atoms with Crippen LogP contribution in [0.3, 0.4) is 0 Å². The predicted octanol–water partition coefficient (Wildman–Crippen LogP) is 4.23. The summed E-state index contributed by atoms with van der Waals surface area (Å²) in [6.07, 6.45) is 2.07. The number of rotatable bonds is 6. The second-order valence-corrected chi connectivity index (χ2v) is 7.71. The smallest absolute Gasteiger partial charge is 0.345 e. The number of hydrogen-bond donors (Lipinski definition) is 2. The maximum atomic E-state index is 11.7. The summed E-state index contributed by atoms with van der Waals surface area (Å²) in [6.45, 7) is 0. The van der Waals surface area contributed by atoms with Crippen molar-refractivity contribution in [3.8, 4) is 0 Å². The minimum absolute atomic E-state index is 0.0839. The fraction of sp³-hybridized carbons (Fsp3) is 0.231. The summed E-state index contributed by atoms with van der Waals surface area (Å²) in [5.74, 6) is -1.06.